The van der Waals surface area contributed by atoms with E-state index in [1.54, 1.807) is 0 Å². The lowest BCUT2D eigenvalue weighted by atomic mass is 9.75. The lowest BCUT2D eigenvalue weighted by molar-refractivity contribution is -0.151. The van der Waals surface area contributed by atoms with Crippen molar-refractivity contribution < 1.29 is 30.0 Å². The Kier molecular flexibility index (Phi) is 8.32. The van der Waals surface area contributed by atoms with Gasteiger partial charge in [-0.05, 0) is 38.5 Å². The molecule has 18 heavy (non-hydrogen) atoms. The molecule has 106 valence electrons. The van der Waals surface area contributed by atoms with E-state index >= 15 is 0 Å². The van der Waals surface area contributed by atoms with Crippen LogP contribution in [0.25, 0.3) is 0 Å². The third-order valence-corrected chi connectivity index (χ3v) is 3.13. The highest BCUT2D eigenvalue weighted by atomic mass is 16.4. The summed E-state index contributed by atoms with van der Waals surface area (Å²) in [6, 6.07) is 0. The van der Waals surface area contributed by atoms with Crippen LogP contribution in [0.1, 0.15) is 44.9 Å². The molecule has 0 spiro atoms. The first kappa shape index (κ1) is 16.9. The number of aliphatic hydroxyl groups excluding tert-OH is 2. The average Bonchev–Trinajstić information content (AvgIpc) is 2.31. The fourth-order valence-electron chi connectivity index (χ4n) is 2.11. The second-order valence-corrected chi connectivity index (χ2v) is 4.49. The quantitative estimate of drug-likeness (QED) is 0.439. The molecule has 6 nitrogen and oxygen atoms in total. The maximum atomic E-state index is 11.4. The number of carboxylic acid groups (broad SMARTS) is 2. The topological polar surface area (TPSA) is 115 Å². The molecule has 4 N–H and O–H groups in total. The van der Waals surface area contributed by atoms with Crippen LogP contribution in [0.2, 0.25) is 0 Å². The van der Waals surface area contributed by atoms with Crippen LogP contribution in [0.5, 0.6) is 0 Å². The van der Waals surface area contributed by atoms with E-state index in [1.165, 1.54) is 0 Å². The summed E-state index contributed by atoms with van der Waals surface area (Å²) < 4.78 is 0. The lowest BCUT2D eigenvalue weighted by Gasteiger charge is -2.29. The summed E-state index contributed by atoms with van der Waals surface area (Å²) in [7, 11) is 0. The van der Waals surface area contributed by atoms with Crippen LogP contribution < -0.4 is 0 Å². The Morgan fingerprint density at radius 1 is 0.833 bits per heavy atom. The fraction of sp³-hybridized carbons (Fsp3) is 0.833. The Morgan fingerprint density at radius 2 is 1.28 bits per heavy atom. The van der Waals surface area contributed by atoms with E-state index in [0.717, 1.165) is 0 Å². The summed E-state index contributed by atoms with van der Waals surface area (Å²) in [6.45, 7) is -0.180. The Hall–Kier alpha value is -1.14. The van der Waals surface area contributed by atoms with E-state index in [2.05, 4.69) is 0 Å². The van der Waals surface area contributed by atoms with E-state index in [0.29, 0.717) is 32.1 Å². The first-order valence-electron chi connectivity index (χ1n) is 6.15. The molecule has 0 aromatic rings. The van der Waals surface area contributed by atoms with Crippen LogP contribution in [0.3, 0.4) is 0 Å². The van der Waals surface area contributed by atoms with Crippen molar-refractivity contribution >= 4 is 11.9 Å². The highest BCUT2D eigenvalue weighted by Gasteiger charge is 2.36. The number of aliphatic carboxylic acids is 2. The zero-order chi connectivity index (χ0) is 14.0. The zero-order valence-electron chi connectivity index (χ0n) is 10.5. The molecule has 0 unspecified atom stereocenters. The van der Waals surface area contributed by atoms with Gasteiger partial charge >= 0.3 is 11.9 Å². The molecule has 0 heterocycles. The first-order valence-corrected chi connectivity index (χ1v) is 6.15. The van der Waals surface area contributed by atoms with Crippen LogP contribution in [-0.4, -0.2) is 45.6 Å². The second-order valence-electron chi connectivity index (χ2n) is 4.49. The van der Waals surface area contributed by atoms with Crippen LogP contribution in [0.15, 0.2) is 0 Å². The van der Waals surface area contributed by atoms with Crippen LogP contribution in [0.4, 0.5) is 0 Å². The molecule has 0 aliphatic heterocycles. The van der Waals surface area contributed by atoms with E-state index in [1.807, 2.05) is 0 Å². The van der Waals surface area contributed by atoms with Gasteiger partial charge in [-0.1, -0.05) is 0 Å². The van der Waals surface area contributed by atoms with Gasteiger partial charge in [-0.25, -0.2) is 0 Å². The third-order valence-electron chi connectivity index (χ3n) is 3.13. The molecule has 0 aromatic carbocycles. The van der Waals surface area contributed by atoms with Gasteiger partial charge in [0.2, 0.25) is 0 Å². The molecular formula is C12H22O6. The largest absolute Gasteiger partial charge is 0.481 e. The highest BCUT2D eigenvalue weighted by molar-refractivity contribution is 5.74. The Labute approximate surface area is 106 Å². The summed E-state index contributed by atoms with van der Waals surface area (Å²) in [4.78, 5) is 21.9. The average molecular weight is 262 g/mol. The van der Waals surface area contributed by atoms with Crippen molar-refractivity contribution in [2.24, 2.45) is 5.41 Å². The number of hydrogen-bond acceptors (Lipinski definition) is 4. The SMILES string of the molecule is O=C(O)CCCC(CCCO)(CCCO)C(=O)O. The van der Waals surface area contributed by atoms with Crippen molar-refractivity contribution in [2.45, 2.75) is 44.9 Å². The second kappa shape index (κ2) is 8.88. The minimum absolute atomic E-state index is 0.0622. The van der Waals surface area contributed by atoms with Crippen LogP contribution >= 0.6 is 0 Å². The van der Waals surface area contributed by atoms with Crippen LogP contribution in [0, 0.1) is 5.41 Å². The van der Waals surface area contributed by atoms with Gasteiger partial charge in [-0.2, -0.15) is 0 Å². The summed E-state index contributed by atoms with van der Waals surface area (Å²) in [5, 5.41) is 35.5. The molecule has 0 rings (SSSR count). The Morgan fingerprint density at radius 3 is 1.61 bits per heavy atom. The molecule has 0 aliphatic carbocycles. The summed E-state index contributed by atoms with van der Waals surface area (Å²) in [5.41, 5.74) is -1.03. The molecule has 0 saturated heterocycles. The van der Waals surface area contributed by atoms with Crippen molar-refractivity contribution in [3.63, 3.8) is 0 Å². The smallest absolute Gasteiger partial charge is 0.309 e. The third kappa shape index (κ3) is 5.97. The molecule has 0 saturated carbocycles. The normalized spacial score (nSPS) is 11.4. The van der Waals surface area contributed by atoms with Gasteiger partial charge in [0.1, 0.15) is 0 Å². The van der Waals surface area contributed by atoms with Crippen molar-refractivity contribution in [1.82, 2.24) is 0 Å². The molecule has 0 aliphatic rings. The number of carbonyl (C=O) groups is 2. The van der Waals surface area contributed by atoms with Gasteiger partial charge in [0.25, 0.3) is 0 Å². The summed E-state index contributed by atoms with van der Waals surface area (Å²) in [5.74, 6) is -1.92. The fourth-order valence-corrected chi connectivity index (χ4v) is 2.11. The van der Waals surface area contributed by atoms with Gasteiger partial charge in [0, 0.05) is 19.6 Å². The van der Waals surface area contributed by atoms with E-state index in [-0.39, 0.29) is 26.1 Å². The minimum atomic E-state index is -1.03. The molecule has 0 fully saturated rings. The maximum absolute atomic E-state index is 11.4. The van der Waals surface area contributed by atoms with Crippen molar-refractivity contribution in [1.29, 1.82) is 0 Å². The standard InChI is InChI=1S/C12H22O6/c13-8-2-6-12(11(17)18,7-3-9-14)5-1-4-10(15)16/h13-14H,1-9H2,(H,15,16)(H,17,18). The van der Waals surface area contributed by atoms with Gasteiger partial charge in [0.05, 0.1) is 5.41 Å². The molecule has 6 heteroatoms. The van der Waals surface area contributed by atoms with Gasteiger partial charge in [-0.3, -0.25) is 9.59 Å². The van der Waals surface area contributed by atoms with Gasteiger partial charge < -0.3 is 20.4 Å². The van der Waals surface area contributed by atoms with E-state index < -0.39 is 17.4 Å². The number of carboxylic acids is 2. The minimum Gasteiger partial charge on any atom is -0.481 e. The molecule has 0 bridgehead atoms. The Balaban J connectivity index is 4.59. The Bertz CT molecular complexity index is 255. The molecule has 0 radical (unpaired) electrons. The number of hydrogen-bond donors (Lipinski definition) is 4. The van der Waals surface area contributed by atoms with Gasteiger partial charge in [-0.15, -0.1) is 0 Å². The number of aliphatic hydroxyl groups is 2. The monoisotopic (exact) mass is 262 g/mol. The molecule has 0 atom stereocenters. The van der Waals surface area contributed by atoms with Crippen molar-refractivity contribution in [2.75, 3.05) is 13.2 Å². The molecular weight excluding hydrogens is 240 g/mol. The summed E-state index contributed by atoms with van der Waals surface area (Å²) >= 11 is 0. The predicted molar refractivity (Wildman–Crippen MR) is 64.2 cm³/mol. The first-order chi connectivity index (χ1) is 8.48. The van der Waals surface area contributed by atoms with E-state index in [9.17, 15) is 14.7 Å². The van der Waals surface area contributed by atoms with E-state index in [4.69, 9.17) is 15.3 Å². The predicted octanol–water partition coefficient (Wildman–Crippen LogP) is 0.857. The number of rotatable bonds is 11. The van der Waals surface area contributed by atoms with Crippen molar-refractivity contribution in [3.8, 4) is 0 Å². The maximum Gasteiger partial charge on any atom is 0.309 e. The lowest BCUT2D eigenvalue weighted by Crippen LogP contribution is -2.32. The molecule has 0 aromatic heterocycles. The highest BCUT2D eigenvalue weighted by Crippen LogP contribution is 2.35. The zero-order valence-corrected chi connectivity index (χ0v) is 10.5. The molecule has 0 amide bonds. The van der Waals surface area contributed by atoms with Gasteiger partial charge in [0.15, 0.2) is 0 Å². The summed E-state index contributed by atoms with van der Waals surface area (Å²) in [6.07, 6.45) is 1.83. The van der Waals surface area contributed by atoms with Crippen molar-refractivity contribution in [3.05, 3.63) is 0 Å². The van der Waals surface area contributed by atoms with Crippen LogP contribution in [-0.2, 0) is 9.59 Å².